The molecular weight excluding hydrogens is 480 g/mol. The monoisotopic (exact) mass is 494 g/mol. The van der Waals surface area contributed by atoms with Crippen molar-refractivity contribution in [2.75, 3.05) is 11.4 Å². The Kier molecular flexibility index (Phi) is 5.33. The number of halogens is 2. The van der Waals surface area contributed by atoms with Gasteiger partial charge in [-0.3, -0.25) is 24.3 Å². The Morgan fingerprint density at radius 2 is 2.17 bits per heavy atom. The number of nitro groups is 1. The number of aryl methyl sites for hydroxylation is 1. The molecule has 3 aromatic rings. The van der Waals surface area contributed by atoms with E-state index in [1.165, 1.54) is 32.6 Å². The molecule has 1 aliphatic carbocycles. The molecule has 30 heavy (non-hydrogen) atoms. The van der Waals surface area contributed by atoms with E-state index in [0.717, 1.165) is 12.8 Å². The molecule has 0 N–H and O–H groups in total. The van der Waals surface area contributed by atoms with Crippen LogP contribution in [0.2, 0.25) is 5.02 Å². The summed E-state index contributed by atoms with van der Waals surface area (Å²) in [6.45, 7) is 0.158. The molecule has 10 nitrogen and oxygen atoms in total. The number of aromatic nitrogens is 4. The smallest absolute Gasteiger partial charge is 0.289 e. The Hall–Kier alpha value is -2.79. The van der Waals surface area contributed by atoms with Gasteiger partial charge in [-0.15, -0.1) is 0 Å². The molecule has 1 aliphatic rings. The number of anilines is 1. The fourth-order valence-electron chi connectivity index (χ4n) is 3.20. The van der Waals surface area contributed by atoms with Crippen molar-refractivity contribution < 1.29 is 9.72 Å². The summed E-state index contributed by atoms with van der Waals surface area (Å²) in [5.41, 5.74) is 0.0930. The van der Waals surface area contributed by atoms with Crippen molar-refractivity contribution in [2.45, 2.75) is 19.4 Å². The second-order valence-electron chi connectivity index (χ2n) is 7.13. The van der Waals surface area contributed by atoms with Crippen LogP contribution in [-0.4, -0.2) is 36.7 Å². The van der Waals surface area contributed by atoms with Crippen LogP contribution < -0.4 is 10.5 Å². The van der Waals surface area contributed by atoms with Gasteiger partial charge in [0.15, 0.2) is 5.65 Å². The van der Waals surface area contributed by atoms with Crippen LogP contribution in [0.4, 0.5) is 11.4 Å². The molecule has 1 saturated carbocycles. The van der Waals surface area contributed by atoms with Crippen LogP contribution in [0, 0.1) is 16.0 Å². The van der Waals surface area contributed by atoms with Crippen molar-refractivity contribution >= 4 is 55.8 Å². The summed E-state index contributed by atoms with van der Waals surface area (Å²) in [6.07, 6.45) is 3.27. The minimum Gasteiger partial charge on any atom is -0.310 e. The van der Waals surface area contributed by atoms with Gasteiger partial charge >= 0.3 is 0 Å². The molecule has 0 atom stereocenters. The highest BCUT2D eigenvalue weighted by Crippen LogP contribution is 2.34. The highest BCUT2D eigenvalue weighted by Gasteiger charge is 2.29. The van der Waals surface area contributed by atoms with Gasteiger partial charge in [0.05, 0.1) is 10.6 Å². The highest BCUT2D eigenvalue weighted by atomic mass is 79.9. The van der Waals surface area contributed by atoms with Crippen LogP contribution in [0.5, 0.6) is 0 Å². The minimum absolute atomic E-state index is 0.00475. The van der Waals surface area contributed by atoms with E-state index < -0.39 is 10.5 Å². The first kappa shape index (κ1) is 20.5. The normalized spacial score (nSPS) is 13.6. The first-order valence-corrected chi connectivity index (χ1v) is 10.2. The lowest BCUT2D eigenvalue weighted by molar-refractivity contribution is -0.384. The molecule has 0 saturated heterocycles. The molecule has 0 radical (unpaired) electrons. The topological polar surface area (TPSA) is 116 Å². The molecule has 156 valence electrons. The van der Waals surface area contributed by atoms with E-state index >= 15 is 0 Å². The summed E-state index contributed by atoms with van der Waals surface area (Å²) < 4.78 is 3.03. The standard InChI is InChI=1S/C18H16BrClN6O4/c1-23-17-15(16(19)22-23)18(28)24(9-21-17)8-14(27)25(7-10-2-3-10)11-4-5-12(20)13(6-11)26(29)30/h4-6,9-10H,2-3,7-8H2,1H3. The van der Waals surface area contributed by atoms with Crippen molar-refractivity contribution in [3.8, 4) is 0 Å². The highest BCUT2D eigenvalue weighted by molar-refractivity contribution is 9.10. The predicted octanol–water partition coefficient (Wildman–Crippen LogP) is 2.90. The molecular formula is C18H16BrClN6O4. The Morgan fingerprint density at radius 1 is 1.43 bits per heavy atom. The Balaban J connectivity index is 1.68. The molecule has 2 heterocycles. The molecule has 4 rings (SSSR count). The summed E-state index contributed by atoms with van der Waals surface area (Å²) >= 11 is 9.15. The van der Waals surface area contributed by atoms with Gasteiger partial charge in [0.2, 0.25) is 5.91 Å². The Morgan fingerprint density at radius 3 is 2.83 bits per heavy atom. The molecule has 2 aromatic heterocycles. The Bertz CT molecular complexity index is 1240. The zero-order valence-corrected chi connectivity index (χ0v) is 18.1. The number of hydrogen-bond acceptors (Lipinski definition) is 6. The summed E-state index contributed by atoms with van der Waals surface area (Å²) in [5.74, 6) is -0.0461. The van der Waals surface area contributed by atoms with Gasteiger partial charge in [-0.05, 0) is 46.8 Å². The van der Waals surface area contributed by atoms with E-state index in [2.05, 4.69) is 26.0 Å². The van der Waals surface area contributed by atoms with Crippen molar-refractivity contribution in [2.24, 2.45) is 13.0 Å². The number of hydrogen-bond donors (Lipinski definition) is 0. The first-order chi connectivity index (χ1) is 14.3. The van der Waals surface area contributed by atoms with E-state index in [1.807, 2.05) is 0 Å². The second kappa shape index (κ2) is 7.80. The molecule has 1 fully saturated rings. The summed E-state index contributed by atoms with van der Waals surface area (Å²) in [4.78, 5) is 42.3. The SMILES string of the molecule is Cn1nc(Br)c2c(=O)n(CC(=O)N(CC3CC3)c3ccc(Cl)c([N+](=O)[O-])c3)cnc21. The summed E-state index contributed by atoms with van der Waals surface area (Å²) in [6, 6.07) is 4.25. The van der Waals surface area contributed by atoms with Gasteiger partial charge in [0, 0.05) is 19.7 Å². The zero-order valence-electron chi connectivity index (χ0n) is 15.8. The fraction of sp³-hybridized carbons (Fsp3) is 0.333. The molecule has 1 aromatic carbocycles. The lowest BCUT2D eigenvalue weighted by Gasteiger charge is -2.23. The zero-order chi connectivity index (χ0) is 21.6. The molecule has 0 unspecified atom stereocenters. The third-order valence-corrected chi connectivity index (χ3v) is 5.83. The molecule has 0 aliphatic heterocycles. The number of nitro benzene ring substituents is 1. The number of nitrogens with zero attached hydrogens (tertiary/aromatic N) is 6. The third kappa shape index (κ3) is 3.82. The van der Waals surface area contributed by atoms with Gasteiger partial charge < -0.3 is 4.90 Å². The molecule has 0 spiro atoms. The average molecular weight is 496 g/mol. The number of fused-ring (bicyclic) bond motifs is 1. The van der Waals surface area contributed by atoms with Crippen LogP contribution >= 0.6 is 27.5 Å². The first-order valence-electron chi connectivity index (χ1n) is 9.08. The maximum atomic E-state index is 13.1. The second-order valence-corrected chi connectivity index (χ2v) is 8.29. The Labute approximate surface area is 183 Å². The van der Waals surface area contributed by atoms with Crippen molar-refractivity contribution in [3.63, 3.8) is 0 Å². The van der Waals surface area contributed by atoms with Gasteiger partial charge in [-0.2, -0.15) is 5.10 Å². The van der Waals surface area contributed by atoms with E-state index in [9.17, 15) is 19.7 Å². The number of carbonyl (C=O) groups excluding carboxylic acids is 1. The average Bonchev–Trinajstić information content (AvgIpc) is 3.46. The third-order valence-electron chi connectivity index (χ3n) is 4.95. The van der Waals surface area contributed by atoms with E-state index in [0.29, 0.717) is 28.4 Å². The number of amides is 1. The minimum atomic E-state index is -0.589. The van der Waals surface area contributed by atoms with Gasteiger partial charge in [-0.1, -0.05) is 11.6 Å². The maximum Gasteiger partial charge on any atom is 0.289 e. The van der Waals surface area contributed by atoms with Crippen molar-refractivity contribution in [1.82, 2.24) is 19.3 Å². The molecule has 0 bridgehead atoms. The lowest BCUT2D eigenvalue weighted by Crippen LogP contribution is -2.38. The van der Waals surface area contributed by atoms with Crippen LogP contribution in [0.15, 0.2) is 33.9 Å². The summed E-state index contributed by atoms with van der Waals surface area (Å²) in [7, 11) is 1.67. The van der Waals surface area contributed by atoms with Crippen molar-refractivity contribution in [3.05, 3.63) is 54.6 Å². The van der Waals surface area contributed by atoms with Crippen LogP contribution in [0.1, 0.15) is 12.8 Å². The number of rotatable bonds is 6. The van der Waals surface area contributed by atoms with Crippen LogP contribution in [0.3, 0.4) is 0 Å². The van der Waals surface area contributed by atoms with E-state index in [4.69, 9.17) is 11.6 Å². The molecule has 1 amide bonds. The quantitative estimate of drug-likeness (QED) is 0.383. The predicted molar refractivity (Wildman–Crippen MR) is 114 cm³/mol. The van der Waals surface area contributed by atoms with E-state index in [1.54, 1.807) is 13.1 Å². The van der Waals surface area contributed by atoms with Gasteiger partial charge in [-0.25, -0.2) is 9.67 Å². The number of carbonyl (C=O) groups is 1. The number of benzene rings is 1. The van der Waals surface area contributed by atoms with E-state index in [-0.39, 0.29) is 28.5 Å². The lowest BCUT2D eigenvalue weighted by atomic mass is 10.2. The fourth-order valence-corrected chi connectivity index (χ4v) is 3.97. The van der Waals surface area contributed by atoms with Gasteiger partial charge in [0.25, 0.3) is 11.2 Å². The van der Waals surface area contributed by atoms with Crippen LogP contribution in [-0.2, 0) is 18.4 Å². The largest absolute Gasteiger partial charge is 0.310 e. The van der Waals surface area contributed by atoms with Gasteiger partial charge in [0.1, 0.15) is 27.9 Å². The van der Waals surface area contributed by atoms with Crippen molar-refractivity contribution in [1.29, 1.82) is 0 Å². The summed E-state index contributed by atoms with van der Waals surface area (Å²) in [5, 5.41) is 15.6. The molecule has 12 heteroatoms. The maximum absolute atomic E-state index is 13.1. The van der Waals surface area contributed by atoms with Crippen LogP contribution in [0.25, 0.3) is 11.0 Å².